The summed E-state index contributed by atoms with van der Waals surface area (Å²) in [6, 6.07) is 43.2. The standard InChI is InChI=1S/C72H52N6O18/c79-45-11-17-51-59(31-45)95-60-32-46(80)12-18-52(60)67(51)49-15-7-39(27-55(49)71(89)90)69(87)75-41-9-21-57(77(37-65(83)84)35-43-5-1-3-23-73-43)63(29-41)93-25-26-94-64-30-42(10-22-58(64)78(38-66(85)86)36-44-6-2-4-24-74-44)76-70(88)40-8-16-50(56(28-40)72(91)92)68-53-19-13-47(81)33-61(53)96-62-34-48(82)14-20-54(62)68/h1-24,27-34,79,81H,25-26,35-38H2,(H,75,87)(H,76,88)(H,83,84)(H,85,86)(H,89,90)(H,91,92)/p-2. The summed E-state index contributed by atoms with van der Waals surface area (Å²) in [5, 5.41) is 90.7. The van der Waals surface area contributed by atoms with Gasteiger partial charge >= 0.3 is 23.9 Å². The van der Waals surface area contributed by atoms with Crippen LogP contribution in [0.5, 0.6) is 23.0 Å². The van der Waals surface area contributed by atoms with Crippen LogP contribution in [0.4, 0.5) is 22.7 Å². The number of carboxylic acid groups (broad SMARTS) is 4. The molecule has 0 bridgehead atoms. The first-order valence-electron chi connectivity index (χ1n) is 29.2. The van der Waals surface area contributed by atoms with Crippen LogP contribution in [0.2, 0.25) is 0 Å². The maximum atomic E-state index is 13.1. The van der Waals surface area contributed by atoms with E-state index >= 15 is 0 Å². The van der Waals surface area contributed by atoms with E-state index in [2.05, 4.69) is 20.0 Å². The average Bonchev–Trinajstić information content (AvgIpc) is 0.756. The number of hydrogen-bond acceptors (Lipinski definition) is 18. The van der Waals surface area contributed by atoms with Crippen molar-refractivity contribution in [2.45, 2.75) is 13.1 Å². The van der Waals surface area contributed by atoms with E-state index in [1.54, 1.807) is 48.8 Å². The minimum Gasteiger partial charge on any atom is -0.872 e. The van der Waals surface area contributed by atoms with E-state index in [1.165, 1.54) is 155 Å². The predicted molar refractivity (Wildman–Crippen MR) is 349 cm³/mol. The van der Waals surface area contributed by atoms with Gasteiger partial charge in [0.25, 0.3) is 0 Å². The number of carboxylic acids is 4. The van der Waals surface area contributed by atoms with Crippen LogP contribution < -0.4 is 40.3 Å². The molecular formula is C72H50N6O18-2. The van der Waals surface area contributed by atoms with E-state index in [1.807, 2.05) is 0 Å². The van der Waals surface area contributed by atoms with Crippen molar-refractivity contribution in [1.82, 2.24) is 9.97 Å². The highest BCUT2D eigenvalue weighted by molar-refractivity contribution is 6.11. The van der Waals surface area contributed by atoms with Crippen LogP contribution in [-0.2, 0) is 22.7 Å². The van der Waals surface area contributed by atoms with Gasteiger partial charge in [0.1, 0.15) is 60.5 Å². The Balaban J connectivity index is 0.883. The molecule has 2 aromatic heterocycles. The number of aliphatic hydroxyl groups excluding tert-OH is 2. The van der Waals surface area contributed by atoms with Crippen molar-refractivity contribution in [2.75, 3.05) is 36.1 Å². The number of aliphatic imine (C=N–C) groups is 2. The summed E-state index contributed by atoms with van der Waals surface area (Å²) in [6.07, 6.45) is 3.09. The number of anilines is 2. The molecule has 24 heteroatoms. The number of ether oxygens (including phenoxy) is 2. The largest absolute Gasteiger partial charge is 0.872 e. The second-order valence-electron chi connectivity index (χ2n) is 21.7. The zero-order chi connectivity index (χ0) is 67.3. The van der Waals surface area contributed by atoms with Crippen molar-refractivity contribution in [1.29, 1.82) is 0 Å². The van der Waals surface area contributed by atoms with Gasteiger partial charge in [0.15, 0.2) is 10.9 Å². The summed E-state index contributed by atoms with van der Waals surface area (Å²) in [4.78, 5) is 96.6. The van der Waals surface area contributed by atoms with Crippen molar-refractivity contribution >= 4 is 80.4 Å². The molecule has 4 aliphatic rings. The Labute approximate surface area is 542 Å². The van der Waals surface area contributed by atoms with Gasteiger partial charge in [-0.05, 0) is 120 Å². The number of aromatic nitrogens is 2. The van der Waals surface area contributed by atoms with E-state index in [0.717, 1.165) is 0 Å². The summed E-state index contributed by atoms with van der Waals surface area (Å²) in [5.74, 6) is -7.00. The van der Waals surface area contributed by atoms with Crippen molar-refractivity contribution in [3.63, 3.8) is 0 Å². The molecule has 8 aromatic rings. The van der Waals surface area contributed by atoms with Gasteiger partial charge in [0.2, 0.25) is 11.8 Å². The molecule has 24 nitrogen and oxygen atoms in total. The molecule has 0 fully saturated rings. The summed E-state index contributed by atoms with van der Waals surface area (Å²) < 4.78 is 24.7. The van der Waals surface area contributed by atoms with Crippen LogP contribution in [0.25, 0.3) is 66.8 Å². The SMILES string of the molecule is O=C(O)CN(Cc1ccccn1)c1ccc(N=C(O)c2ccc(-c3c4ccc(=O)cc-4oc4cc([O-])ccc34)c(C(=O)O)c2)cc1OCCOc1cc(N=C(O)c2ccc(-c3c4ccc(=O)cc-4oc4cc([O-])ccc34)c(C(=O)O)c2)ccc1N(CC(=O)O)Cc1ccccn1. The monoisotopic (exact) mass is 1290 g/mol. The minimum absolute atomic E-state index is 0.0249. The second kappa shape index (κ2) is 26.8. The van der Waals surface area contributed by atoms with Gasteiger partial charge in [-0.3, -0.25) is 29.1 Å². The van der Waals surface area contributed by atoms with Crippen LogP contribution >= 0.6 is 0 Å². The van der Waals surface area contributed by atoms with Gasteiger partial charge in [-0.25, -0.2) is 19.6 Å². The smallest absolute Gasteiger partial charge is 0.336 e. The molecule has 0 saturated heterocycles. The lowest BCUT2D eigenvalue weighted by molar-refractivity contribution is -0.268. The number of carbonyl (C=O) groups is 4. The van der Waals surface area contributed by atoms with E-state index in [-0.39, 0.29) is 139 Å². The Morgan fingerprint density at radius 3 is 1.26 bits per heavy atom. The van der Waals surface area contributed by atoms with Gasteiger partial charge in [0.05, 0.1) is 58.4 Å². The van der Waals surface area contributed by atoms with Crippen molar-refractivity contribution in [3.8, 4) is 67.9 Å². The quantitative estimate of drug-likeness (QED) is 0.0150. The normalized spacial score (nSPS) is 11.7. The van der Waals surface area contributed by atoms with Gasteiger partial charge < -0.3 is 69.0 Å². The summed E-state index contributed by atoms with van der Waals surface area (Å²) in [6.45, 7) is -1.76. The third kappa shape index (κ3) is 13.6. The van der Waals surface area contributed by atoms with Crippen molar-refractivity contribution < 1.29 is 78.3 Å². The van der Waals surface area contributed by atoms with Gasteiger partial charge in [0, 0.05) is 80.8 Å². The molecular weight excluding hydrogens is 1240 g/mol. The molecule has 6 N–H and O–H groups in total. The molecule has 0 radical (unpaired) electrons. The third-order valence-electron chi connectivity index (χ3n) is 15.3. The summed E-state index contributed by atoms with van der Waals surface area (Å²) in [5.41, 5.74) is 2.10. The number of hydrogen-bond donors (Lipinski definition) is 6. The fourth-order valence-corrected chi connectivity index (χ4v) is 11.2. The van der Waals surface area contributed by atoms with Crippen LogP contribution in [0, 0.1) is 0 Å². The lowest BCUT2D eigenvalue weighted by Gasteiger charge is -2.26. The van der Waals surface area contributed by atoms with Gasteiger partial charge in [-0.2, -0.15) is 0 Å². The number of pyridine rings is 2. The molecule has 0 unspecified atom stereocenters. The number of rotatable bonds is 23. The number of aliphatic hydroxyl groups is 2. The summed E-state index contributed by atoms with van der Waals surface area (Å²) in [7, 11) is 0. The molecule has 4 heterocycles. The fourth-order valence-electron chi connectivity index (χ4n) is 11.2. The van der Waals surface area contributed by atoms with E-state index < -0.39 is 48.8 Å². The minimum atomic E-state index is -1.39. The zero-order valence-corrected chi connectivity index (χ0v) is 50.0. The first-order valence-corrected chi connectivity index (χ1v) is 29.2. The third-order valence-corrected chi connectivity index (χ3v) is 15.3. The molecule has 0 spiro atoms. The molecule has 6 aromatic carbocycles. The first kappa shape index (κ1) is 62.8. The van der Waals surface area contributed by atoms with Crippen molar-refractivity contribution in [3.05, 3.63) is 248 Å². The van der Waals surface area contributed by atoms with E-state index in [0.29, 0.717) is 44.4 Å². The predicted octanol–water partition coefficient (Wildman–Crippen LogP) is 10.7. The fraction of sp³-hybridized carbons (Fsp3) is 0.0833. The van der Waals surface area contributed by atoms with Crippen molar-refractivity contribution in [2.24, 2.45) is 9.98 Å². The molecule has 2 aliphatic heterocycles. The maximum Gasteiger partial charge on any atom is 0.336 e. The molecule has 12 rings (SSSR count). The Bertz CT molecular complexity index is 4850. The van der Waals surface area contributed by atoms with Crippen LogP contribution in [-0.4, -0.2) is 103 Å². The van der Waals surface area contributed by atoms with Crippen LogP contribution in [0.3, 0.4) is 0 Å². The molecule has 0 atom stereocenters. The molecule has 478 valence electrons. The number of aromatic carboxylic acids is 2. The summed E-state index contributed by atoms with van der Waals surface area (Å²) >= 11 is 0. The highest BCUT2D eigenvalue weighted by Gasteiger charge is 2.27. The lowest BCUT2D eigenvalue weighted by atomic mass is 9.90. The van der Waals surface area contributed by atoms with Gasteiger partial charge in [-0.1, -0.05) is 48.5 Å². The highest BCUT2D eigenvalue weighted by Crippen LogP contribution is 2.45. The Morgan fingerprint density at radius 1 is 0.458 bits per heavy atom. The van der Waals surface area contributed by atoms with Crippen LogP contribution in [0.15, 0.2) is 223 Å². The second-order valence-corrected chi connectivity index (χ2v) is 21.7. The topological polar surface area (TPSA) is 372 Å². The van der Waals surface area contributed by atoms with Crippen LogP contribution in [0.1, 0.15) is 43.2 Å². The van der Waals surface area contributed by atoms with E-state index in [4.69, 9.17) is 18.3 Å². The lowest BCUT2D eigenvalue weighted by Crippen LogP contribution is -2.30. The number of aliphatic carboxylic acids is 2. The number of benzene rings is 8. The Kier molecular flexibility index (Phi) is 17.5. The average molecular weight is 1290 g/mol. The van der Waals surface area contributed by atoms with Gasteiger partial charge in [-0.15, -0.1) is 11.5 Å². The molecule has 96 heavy (non-hydrogen) atoms. The Hall–Kier alpha value is -13.4. The maximum absolute atomic E-state index is 13.1. The Morgan fingerprint density at radius 2 is 0.875 bits per heavy atom. The molecule has 0 saturated carbocycles. The zero-order valence-electron chi connectivity index (χ0n) is 50.0. The number of nitrogens with zero attached hydrogens (tertiary/aromatic N) is 6. The highest BCUT2D eigenvalue weighted by atomic mass is 16.5. The van der Waals surface area contributed by atoms with E-state index in [9.17, 15) is 69.6 Å². The molecule has 0 amide bonds. The number of fused-ring (bicyclic) bond motifs is 4. The molecule has 2 aliphatic carbocycles. The first-order chi connectivity index (χ1) is 46.3.